The molecule has 6 rings (SSSR count). The summed E-state index contributed by atoms with van der Waals surface area (Å²) in [5.74, 6) is -0.516. The van der Waals surface area contributed by atoms with E-state index in [1.54, 1.807) is 31.2 Å². The molecule has 4 aromatic carbocycles. The number of benzene rings is 4. The number of carbonyl (C=O) groups is 2. The second-order valence-electron chi connectivity index (χ2n) is 16.8. The normalized spacial score (nSPS) is 11.8. The van der Waals surface area contributed by atoms with Crippen molar-refractivity contribution in [1.29, 1.82) is 0 Å². The third kappa shape index (κ3) is 13.4. The highest BCUT2D eigenvalue weighted by molar-refractivity contribution is 14.1. The fourth-order valence-electron chi connectivity index (χ4n) is 5.77. The fraction of sp³-hybridized carbons (Fsp3) is 0.349. The number of aromatic carboxylic acids is 1. The Morgan fingerprint density at radius 1 is 0.672 bits per heavy atom. The Morgan fingerprint density at radius 3 is 1.48 bits per heavy atom. The minimum atomic E-state index is -1.21. The van der Waals surface area contributed by atoms with Crippen molar-refractivity contribution in [2.45, 2.75) is 78.7 Å². The van der Waals surface area contributed by atoms with E-state index in [9.17, 15) is 14.7 Å². The van der Waals surface area contributed by atoms with Crippen LogP contribution < -0.4 is 9.47 Å². The molecule has 326 valence electrons. The zero-order valence-electron chi connectivity index (χ0n) is 35.6. The fourth-order valence-corrected chi connectivity index (χ4v) is 8.50. The molecule has 0 aliphatic heterocycles. The van der Waals surface area contributed by atoms with Crippen molar-refractivity contribution in [3.8, 4) is 23.5 Å². The molecule has 2 aromatic heterocycles. The van der Waals surface area contributed by atoms with Gasteiger partial charge in [0.15, 0.2) is 0 Å². The molecule has 0 spiro atoms. The number of halogens is 4. The first-order chi connectivity index (χ1) is 28.6. The Kier molecular flexibility index (Phi) is 16.8. The first-order valence-corrected chi connectivity index (χ1v) is 29.7. The summed E-state index contributed by atoms with van der Waals surface area (Å²) >= 11 is 17.0. The first-order valence-electron chi connectivity index (χ1n) is 19.4. The van der Waals surface area contributed by atoms with Gasteiger partial charge in [-0.2, -0.15) is 9.97 Å². The lowest BCUT2D eigenvalue weighted by molar-refractivity contribution is 0.0598. The van der Waals surface area contributed by atoms with E-state index >= 15 is 0 Å². The van der Waals surface area contributed by atoms with Crippen LogP contribution in [0.5, 0.6) is 23.5 Å². The number of nitrogens with zero attached hydrogens (tertiary/aromatic N) is 4. The van der Waals surface area contributed by atoms with Crippen LogP contribution in [0.1, 0.15) is 31.8 Å². The predicted octanol–water partition coefficient (Wildman–Crippen LogP) is 12.9. The lowest BCUT2D eigenvalue weighted by atomic mass is 10.1. The lowest BCUT2D eigenvalue weighted by Gasteiger charge is -2.16. The van der Waals surface area contributed by atoms with Gasteiger partial charge in [0.05, 0.1) is 50.3 Å². The monoisotopic (exact) mass is 1130 g/mol. The number of esters is 1. The number of fused-ring (bicyclic) bond motifs is 2. The molecule has 0 saturated heterocycles. The summed E-state index contributed by atoms with van der Waals surface area (Å²) in [6.45, 7) is 19.3. The van der Waals surface area contributed by atoms with Crippen LogP contribution in [0.25, 0.3) is 22.1 Å². The zero-order valence-corrected chi connectivity index (χ0v) is 43.4. The number of methoxy groups -OCH3 is 1. The molecule has 0 atom stereocenters. The molecule has 0 bridgehead atoms. The third-order valence-electron chi connectivity index (χ3n) is 9.42. The summed E-state index contributed by atoms with van der Waals surface area (Å²) in [5, 5.41) is 10.7. The van der Waals surface area contributed by atoms with Crippen LogP contribution in [0, 0.1) is 21.0 Å². The summed E-state index contributed by atoms with van der Waals surface area (Å²) < 4.78 is 34.3. The van der Waals surface area contributed by atoms with E-state index in [0.717, 1.165) is 46.9 Å². The van der Waals surface area contributed by atoms with E-state index in [1.165, 1.54) is 13.2 Å². The molecule has 0 fully saturated rings. The average molecular weight is 1130 g/mol. The maximum atomic E-state index is 12.0. The molecule has 6 aromatic rings. The van der Waals surface area contributed by atoms with Crippen molar-refractivity contribution in [1.82, 2.24) is 19.1 Å². The molecule has 2 heterocycles. The smallest absolute Gasteiger partial charge is 0.338 e. The molecule has 1 N–H and O–H groups in total. The number of aromatic nitrogens is 4. The maximum Gasteiger partial charge on any atom is 0.338 e. The van der Waals surface area contributed by atoms with Crippen molar-refractivity contribution in [2.24, 2.45) is 0 Å². The van der Waals surface area contributed by atoms with Gasteiger partial charge in [0.25, 0.3) is 0 Å². The lowest BCUT2D eigenvalue weighted by Crippen LogP contribution is -2.22. The Labute approximate surface area is 395 Å². The number of hydrogen-bond acceptors (Lipinski definition) is 9. The van der Waals surface area contributed by atoms with Crippen LogP contribution in [-0.4, -0.2) is 72.6 Å². The molecule has 0 radical (unpaired) electrons. The van der Waals surface area contributed by atoms with E-state index in [2.05, 4.69) is 94.4 Å². The van der Waals surface area contributed by atoms with Crippen LogP contribution in [-0.2, 0) is 27.7 Å². The van der Waals surface area contributed by atoms with E-state index in [-0.39, 0.29) is 12.3 Å². The average Bonchev–Trinajstić information content (AvgIpc) is 3.67. The molecule has 18 heteroatoms. The SMILES string of the molecule is COC(=O)c1cc(Oc2nc3cc(I)c(Cl)cc3n2COCC[Si](C)(C)C)ccc1C.Cc1ccc(Oc2nc3cc(I)c(Cl)cc3n2COCC[Si](C)(C)C)cc1C(=O)O. The zero-order chi connectivity index (χ0) is 44.8. The standard InChI is InChI=1S/C22H26ClIN2O4Si.C21H24ClIN2O4Si/c1-14-6-7-15(10-16(14)21(27)28-2)30-22-25-19-12-18(24)17(23)11-20(19)26(22)13-29-8-9-31(3,4)5;1-13-5-6-14(9-15(13)20(26)27)29-21-24-18-11-17(23)16(22)10-19(18)25(21)12-28-7-8-30(2,3)4/h6-7,10-12H,8-9,13H2,1-5H3;5-6,9-11H,7-8,12H2,1-4H3,(H,26,27). The van der Waals surface area contributed by atoms with Crippen LogP contribution in [0.4, 0.5) is 0 Å². The van der Waals surface area contributed by atoms with Gasteiger partial charge in [-0.3, -0.25) is 9.13 Å². The van der Waals surface area contributed by atoms with Crippen molar-refractivity contribution >= 4 is 119 Å². The predicted molar refractivity (Wildman–Crippen MR) is 264 cm³/mol. The molecule has 0 amide bonds. The molecule has 61 heavy (non-hydrogen) atoms. The van der Waals surface area contributed by atoms with Crippen LogP contribution in [0.2, 0.25) is 61.4 Å². The van der Waals surface area contributed by atoms with Crippen molar-refractivity contribution in [3.63, 3.8) is 0 Å². The molecule has 12 nitrogen and oxygen atoms in total. The van der Waals surface area contributed by atoms with Crippen LogP contribution in [0.3, 0.4) is 0 Å². The van der Waals surface area contributed by atoms with Crippen molar-refractivity contribution in [2.75, 3.05) is 20.3 Å². The van der Waals surface area contributed by atoms with Gasteiger partial charge in [0.1, 0.15) is 25.0 Å². The van der Waals surface area contributed by atoms with Crippen molar-refractivity contribution < 1.29 is 38.4 Å². The highest BCUT2D eigenvalue weighted by atomic mass is 127. The second kappa shape index (κ2) is 21.0. The van der Waals surface area contributed by atoms with E-state index in [1.807, 2.05) is 46.4 Å². The molecular formula is C43H50Cl2I2N4O8Si2. The van der Waals surface area contributed by atoms with E-state index in [4.69, 9.17) is 46.9 Å². The largest absolute Gasteiger partial charge is 0.478 e. The maximum absolute atomic E-state index is 12.0. The molecule has 0 unspecified atom stereocenters. The van der Waals surface area contributed by atoms with Gasteiger partial charge < -0.3 is 28.8 Å². The first kappa shape index (κ1) is 48.8. The summed E-state index contributed by atoms with van der Waals surface area (Å²) in [6.07, 6.45) is 0. The van der Waals surface area contributed by atoms with Gasteiger partial charge in [-0.05, 0) is 131 Å². The van der Waals surface area contributed by atoms with E-state index in [0.29, 0.717) is 64.6 Å². The number of carboxylic acid groups (broad SMARTS) is 1. The Bertz CT molecular complexity index is 2550. The van der Waals surface area contributed by atoms with Gasteiger partial charge in [0, 0.05) is 36.5 Å². The number of carbonyl (C=O) groups excluding carboxylic acids is 1. The van der Waals surface area contributed by atoms with Crippen molar-refractivity contribution in [3.05, 3.63) is 100 Å². The van der Waals surface area contributed by atoms with Gasteiger partial charge in [-0.25, -0.2) is 9.59 Å². The highest BCUT2D eigenvalue weighted by Gasteiger charge is 2.20. The minimum Gasteiger partial charge on any atom is -0.478 e. The topological polar surface area (TPSA) is 136 Å². The van der Waals surface area contributed by atoms with Crippen LogP contribution >= 0.6 is 68.4 Å². The summed E-state index contributed by atoms with van der Waals surface area (Å²) in [4.78, 5) is 32.7. The van der Waals surface area contributed by atoms with Crippen LogP contribution in [0.15, 0.2) is 60.7 Å². The quantitative estimate of drug-likeness (QED) is 0.0432. The minimum absolute atomic E-state index is 0.194. The number of hydrogen-bond donors (Lipinski definition) is 1. The van der Waals surface area contributed by atoms with Gasteiger partial charge in [-0.15, -0.1) is 0 Å². The Hall–Kier alpha value is -3.25. The Morgan fingerprint density at radius 2 is 1.08 bits per heavy atom. The Balaban J connectivity index is 0.000000231. The highest BCUT2D eigenvalue weighted by Crippen LogP contribution is 2.33. The number of rotatable bonds is 16. The summed E-state index contributed by atoms with van der Waals surface area (Å²) in [6, 6.07) is 20.6. The van der Waals surface area contributed by atoms with Gasteiger partial charge in [0.2, 0.25) is 0 Å². The number of imidazole rings is 2. The second-order valence-corrected chi connectivity index (χ2v) is 31.2. The van der Waals surface area contributed by atoms with E-state index < -0.39 is 28.1 Å². The third-order valence-corrected chi connectivity index (χ3v) is 15.9. The summed E-state index contributed by atoms with van der Waals surface area (Å²) in [5.41, 5.74) is 5.24. The number of aryl methyl sites for hydroxylation is 2. The summed E-state index contributed by atoms with van der Waals surface area (Å²) in [7, 11) is -1.04. The molecule has 0 saturated carbocycles. The molecule has 0 aliphatic rings. The van der Waals surface area contributed by atoms with Gasteiger partial charge in [-0.1, -0.05) is 74.6 Å². The molecule has 0 aliphatic carbocycles. The van der Waals surface area contributed by atoms with Gasteiger partial charge >= 0.3 is 24.0 Å². The number of carboxylic acids is 1. The number of ether oxygens (including phenoxy) is 5. The molecular weight excluding hydrogens is 1080 g/mol.